The Morgan fingerprint density at radius 3 is 2.33 bits per heavy atom. The molecule has 0 N–H and O–H groups in total. The van der Waals surface area contributed by atoms with Crippen LogP contribution in [0.1, 0.15) is 10.8 Å². The highest BCUT2D eigenvalue weighted by Gasteiger charge is 2.42. The van der Waals surface area contributed by atoms with Crippen molar-refractivity contribution >= 4 is 44.2 Å². The number of ether oxygens (including phenoxy) is 1. The first-order valence-electron chi connectivity index (χ1n) is 12.6. The number of para-hydroxylation sites is 1. The number of likely N-dealkylation sites (N-methyl/N-ethyl adjacent to an activating group) is 1. The van der Waals surface area contributed by atoms with Gasteiger partial charge in [-0.1, -0.05) is 60.7 Å². The van der Waals surface area contributed by atoms with Gasteiger partial charge in [0.05, 0.1) is 18.0 Å². The van der Waals surface area contributed by atoms with Gasteiger partial charge >= 0.3 is 0 Å². The van der Waals surface area contributed by atoms with Crippen molar-refractivity contribution in [2.75, 3.05) is 39.2 Å². The van der Waals surface area contributed by atoms with Crippen LogP contribution in [0.5, 0.6) is 5.75 Å². The largest absolute Gasteiger partial charge is 0.497 e. The van der Waals surface area contributed by atoms with Gasteiger partial charge in [0.25, 0.3) is 16.0 Å². The van der Waals surface area contributed by atoms with Crippen LogP contribution in [-0.2, 0) is 19.1 Å². The molecule has 1 amide bonds. The molecule has 0 saturated carbocycles. The second-order valence-electron chi connectivity index (χ2n) is 9.52. The molecule has 0 saturated heterocycles. The molecule has 4 aromatic rings. The van der Waals surface area contributed by atoms with E-state index in [1.54, 1.807) is 42.3 Å². The van der Waals surface area contributed by atoms with E-state index in [0.717, 1.165) is 21.5 Å². The molecule has 1 heterocycles. The van der Waals surface area contributed by atoms with Gasteiger partial charge in [0.15, 0.2) is 6.10 Å². The summed E-state index contributed by atoms with van der Waals surface area (Å²) in [6.07, 6.45) is -1.30. The van der Waals surface area contributed by atoms with E-state index in [2.05, 4.69) is 0 Å². The zero-order valence-electron chi connectivity index (χ0n) is 22.0. The summed E-state index contributed by atoms with van der Waals surface area (Å²) in [5.41, 5.74) is 1.50. The van der Waals surface area contributed by atoms with E-state index >= 15 is 0 Å². The maximum absolute atomic E-state index is 14.3. The fourth-order valence-corrected chi connectivity index (χ4v) is 7.30. The molecule has 202 valence electrons. The van der Waals surface area contributed by atoms with Gasteiger partial charge in [-0.15, -0.1) is 11.8 Å². The molecule has 0 radical (unpaired) electrons. The van der Waals surface area contributed by atoms with Crippen LogP contribution in [0.4, 0.5) is 5.69 Å². The van der Waals surface area contributed by atoms with Crippen LogP contribution in [0.15, 0.2) is 101 Å². The number of benzene rings is 4. The molecule has 1 aliphatic heterocycles. The van der Waals surface area contributed by atoms with Gasteiger partial charge in [0.2, 0.25) is 0 Å². The van der Waals surface area contributed by atoms with E-state index in [9.17, 15) is 13.2 Å². The Morgan fingerprint density at radius 2 is 1.59 bits per heavy atom. The second-order valence-corrected chi connectivity index (χ2v) is 12.2. The number of hydrogen-bond acceptors (Lipinski definition) is 7. The summed E-state index contributed by atoms with van der Waals surface area (Å²) in [4.78, 5) is 18.8. The Kier molecular flexibility index (Phi) is 7.95. The molecule has 5 rings (SSSR count). The van der Waals surface area contributed by atoms with Crippen molar-refractivity contribution in [1.29, 1.82) is 0 Å². The van der Waals surface area contributed by atoms with Crippen molar-refractivity contribution in [3.63, 3.8) is 0 Å². The average molecular weight is 563 g/mol. The maximum Gasteiger partial charge on any atom is 0.298 e. The third kappa shape index (κ3) is 5.67. The Balaban J connectivity index is 1.62. The number of thioether (sulfide) groups is 1. The predicted molar refractivity (Wildman–Crippen MR) is 155 cm³/mol. The van der Waals surface area contributed by atoms with E-state index in [4.69, 9.17) is 8.92 Å². The van der Waals surface area contributed by atoms with Crippen LogP contribution in [-0.4, -0.2) is 59.6 Å². The van der Waals surface area contributed by atoms with Gasteiger partial charge in [-0.3, -0.25) is 8.98 Å². The summed E-state index contributed by atoms with van der Waals surface area (Å²) in [6, 6.07) is 27.2. The Labute approximate surface area is 233 Å². The van der Waals surface area contributed by atoms with Crippen LogP contribution in [0, 0.1) is 0 Å². The monoisotopic (exact) mass is 562 g/mol. The van der Waals surface area contributed by atoms with Gasteiger partial charge in [-0.25, -0.2) is 0 Å². The zero-order chi connectivity index (χ0) is 27.6. The van der Waals surface area contributed by atoms with Crippen LogP contribution in [0.3, 0.4) is 0 Å². The smallest absolute Gasteiger partial charge is 0.298 e. The first-order valence-corrected chi connectivity index (χ1v) is 14.8. The maximum atomic E-state index is 14.3. The van der Waals surface area contributed by atoms with E-state index < -0.39 is 27.4 Å². The van der Waals surface area contributed by atoms with Gasteiger partial charge in [0, 0.05) is 23.4 Å². The Bertz CT molecular complexity index is 1580. The van der Waals surface area contributed by atoms with Gasteiger partial charge < -0.3 is 14.5 Å². The lowest BCUT2D eigenvalue weighted by molar-refractivity contribution is -0.125. The molecule has 2 atom stereocenters. The van der Waals surface area contributed by atoms with Crippen molar-refractivity contribution in [2.24, 2.45) is 0 Å². The number of hydrogen-bond donors (Lipinski definition) is 0. The fraction of sp³-hybridized carbons (Fsp3) is 0.233. The summed E-state index contributed by atoms with van der Waals surface area (Å²) in [7, 11) is 1.12. The predicted octanol–water partition coefficient (Wildman–Crippen LogP) is 5.36. The number of anilines is 1. The Hall–Kier alpha value is -3.37. The average Bonchev–Trinajstić information content (AvgIpc) is 3.05. The minimum absolute atomic E-state index is 0.0356. The molecule has 0 aliphatic carbocycles. The molecular formula is C30H30N2O5S2. The second kappa shape index (κ2) is 11.4. The lowest BCUT2D eigenvalue weighted by Gasteiger charge is -2.28. The van der Waals surface area contributed by atoms with Gasteiger partial charge in [-0.2, -0.15) is 8.42 Å². The summed E-state index contributed by atoms with van der Waals surface area (Å²) < 4.78 is 39.0. The molecule has 1 aliphatic rings. The normalized spacial score (nSPS) is 17.7. The first-order chi connectivity index (χ1) is 18.8. The number of nitrogens with zero attached hydrogens (tertiary/aromatic N) is 2. The topological polar surface area (TPSA) is 76.2 Å². The van der Waals surface area contributed by atoms with E-state index in [1.165, 1.54) is 17.8 Å². The quantitative estimate of drug-likeness (QED) is 0.268. The highest BCUT2D eigenvalue weighted by molar-refractivity contribution is 7.99. The third-order valence-electron chi connectivity index (χ3n) is 6.66. The van der Waals surface area contributed by atoms with Crippen LogP contribution >= 0.6 is 11.8 Å². The van der Waals surface area contributed by atoms with Crippen molar-refractivity contribution in [1.82, 2.24) is 4.90 Å². The number of methoxy groups -OCH3 is 1. The minimum atomic E-state index is -4.33. The minimum Gasteiger partial charge on any atom is -0.497 e. The molecule has 4 aromatic carbocycles. The molecule has 7 nitrogen and oxygen atoms in total. The molecule has 0 spiro atoms. The van der Waals surface area contributed by atoms with Crippen molar-refractivity contribution < 1.29 is 22.1 Å². The SMILES string of the molecule is COc1ccc([C@@H]2Sc3ccccc3N(CCN(C)C)C(=O)[C@@H]2OS(=O)(=O)c2cccc3ccccc23)cc1. The third-order valence-corrected chi connectivity index (χ3v) is 9.39. The summed E-state index contributed by atoms with van der Waals surface area (Å²) in [5, 5.41) is 0.691. The number of carbonyl (C=O) groups excluding carboxylic acids is 1. The highest BCUT2D eigenvalue weighted by atomic mass is 32.2. The summed E-state index contributed by atoms with van der Waals surface area (Å²) in [5.74, 6) is 0.261. The van der Waals surface area contributed by atoms with Crippen LogP contribution < -0.4 is 9.64 Å². The van der Waals surface area contributed by atoms with Crippen molar-refractivity contribution in [3.05, 3.63) is 96.6 Å². The van der Waals surface area contributed by atoms with E-state index in [0.29, 0.717) is 24.2 Å². The molecule has 39 heavy (non-hydrogen) atoms. The molecule has 9 heteroatoms. The molecule has 0 unspecified atom stereocenters. The zero-order valence-corrected chi connectivity index (χ0v) is 23.6. The van der Waals surface area contributed by atoms with E-state index in [-0.39, 0.29) is 4.90 Å². The van der Waals surface area contributed by atoms with Crippen molar-refractivity contribution in [3.8, 4) is 5.75 Å². The summed E-state index contributed by atoms with van der Waals surface area (Å²) in [6.45, 7) is 0.980. The summed E-state index contributed by atoms with van der Waals surface area (Å²) >= 11 is 1.43. The lowest BCUT2D eigenvalue weighted by atomic mass is 10.1. The Morgan fingerprint density at radius 1 is 0.897 bits per heavy atom. The van der Waals surface area contributed by atoms with E-state index in [1.807, 2.05) is 73.6 Å². The first kappa shape index (κ1) is 27.2. The number of rotatable bonds is 8. The fourth-order valence-electron chi connectivity index (χ4n) is 4.64. The molecule has 0 bridgehead atoms. The number of fused-ring (bicyclic) bond motifs is 2. The lowest BCUT2D eigenvalue weighted by Crippen LogP contribution is -2.45. The number of amides is 1. The van der Waals surface area contributed by atoms with Crippen molar-refractivity contribution in [2.45, 2.75) is 21.1 Å². The van der Waals surface area contributed by atoms with Gasteiger partial charge in [-0.05, 0) is 55.4 Å². The molecule has 0 fully saturated rings. The molecular weight excluding hydrogens is 532 g/mol. The number of carbonyl (C=O) groups is 1. The van der Waals surface area contributed by atoms with Gasteiger partial charge in [0.1, 0.15) is 10.6 Å². The van der Waals surface area contributed by atoms with Crippen LogP contribution in [0.25, 0.3) is 10.8 Å². The highest BCUT2D eigenvalue weighted by Crippen LogP contribution is 2.47. The standard InChI is InChI=1S/C30H30N2O5S2/c1-31(2)19-20-32-25-12-6-7-13-26(25)38-29(22-15-17-23(36-3)18-16-22)28(30(32)33)37-39(34,35)27-14-8-10-21-9-4-5-11-24(21)27/h4-18,28-29H,19-20H2,1-3H3/t28-,29+/m1/s1. The van der Waals surface area contributed by atoms with Crippen LogP contribution in [0.2, 0.25) is 0 Å². The molecule has 0 aromatic heterocycles.